The highest BCUT2D eigenvalue weighted by Gasteiger charge is 2.43. The van der Waals surface area contributed by atoms with E-state index in [2.05, 4.69) is 19.2 Å². The van der Waals surface area contributed by atoms with Gasteiger partial charge in [0, 0.05) is 6.04 Å². The Kier molecular flexibility index (Phi) is 6.02. The van der Waals surface area contributed by atoms with E-state index >= 15 is 0 Å². The fraction of sp³-hybridized carbons (Fsp3) is 0.611. The molecule has 2 heterocycles. The van der Waals surface area contributed by atoms with E-state index in [1.165, 1.54) is 0 Å². The first-order chi connectivity index (χ1) is 11.2. The number of piperazine rings is 1. The summed E-state index contributed by atoms with van der Waals surface area (Å²) >= 11 is 0. The van der Waals surface area contributed by atoms with Gasteiger partial charge in [0.2, 0.25) is 0 Å². The summed E-state index contributed by atoms with van der Waals surface area (Å²) < 4.78 is 5.26. The Morgan fingerprint density at radius 2 is 2.13 bits per heavy atom. The minimum absolute atomic E-state index is 0.0430. The number of benzene rings is 1. The van der Waals surface area contributed by atoms with Crippen LogP contribution in [-0.4, -0.2) is 30.2 Å². The Balaban J connectivity index is 0.000000924. The monoisotopic (exact) mass is 320 g/mol. The third kappa shape index (κ3) is 3.35. The molecule has 1 N–H and O–H groups in total. The molecule has 1 fully saturated rings. The molecule has 2 aliphatic heterocycles. The lowest BCUT2D eigenvalue weighted by atomic mass is 9.90. The van der Waals surface area contributed by atoms with Crippen LogP contribution >= 0.6 is 0 Å². The molecule has 1 saturated heterocycles. The molecule has 1 aromatic carbocycles. The highest BCUT2D eigenvalue weighted by atomic mass is 16.7. The van der Waals surface area contributed by atoms with Gasteiger partial charge in [-0.25, -0.2) is 5.06 Å². The van der Waals surface area contributed by atoms with Crippen molar-refractivity contribution < 1.29 is 14.4 Å². The van der Waals surface area contributed by atoms with Crippen molar-refractivity contribution in [2.24, 2.45) is 0 Å². The summed E-state index contributed by atoms with van der Waals surface area (Å²) in [5.41, 5.74) is 2.23. The van der Waals surface area contributed by atoms with Crippen LogP contribution in [0.2, 0.25) is 0 Å². The van der Waals surface area contributed by atoms with Crippen LogP contribution in [0.1, 0.15) is 57.7 Å². The first-order valence-corrected chi connectivity index (χ1v) is 8.54. The van der Waals surface area contributed by atoms with Gasteiger partial charge >= 0.3 is 0 Å². The van der Waals surface area contributed by atoms with Gasteiger partial charge in [0.15, 0.2) is 0 Å². The molecule has 128 valence electrons. The van der Waals surface area contributed by atoms with E-state index in [1.54, 1.807) is 12.2 Å². The average Bonchev–Trinajstić information content (AvgIpc) is 2.60. The number of carbonyl (C=O) groups excluding carboxylic acids is 1. The molecule has 0 bridgehead atoms. The normalized spacial score (nSPS) is 25.9. The number of amides is 1. The standard InChI is InChI=1S/C16H22N2O3.C2H6/c1-4-5-14-16(19)18-15(10(2)17-14)13-7-6-12(20-3)8-11(13)9-21-18;1-2/h6-8,10,14-15,17H,4-5,9H2,1-3H3;1-2H3. The van der Waals surface area contributed by atoms with E-state index < -0.39 is 0 Å². The van der Waals surface area contributed by atoms with Crippen molar-refractivity contribution in [3.8, 4) is 5.75 Å². The zero-order valence-electron chi connectivity index (χ0n) is 14.8. The molecule has 1 amide bonds. The summed E-state index contributed by atoms with van der Waals surface area (Å²) in [5, 5.41) is 5.01. The predicted molar refractivity (Wildman–Crippen MR) is 90.0 cm³/mol. The van der Waals surface area contributed by atoms with E-state index in [9.17, 15) is 4.79 Å². The van der Waals surface area contributed by atoms with Crippen LogP contribution in [0.3, 0.4) is 0 Å². The van der Waals surface area contributed by atoms with Gasteiger partial charge in [-0.3, -0.25) is 9.63 Å². The summed E-state index contributed by atoms with van der Waals surface area (Å²) in [4.78, 5) is 18.3. The van der Waals surface area contributed by atoms with E-state index in [4.69, 9.17) is 9.57 Å². The lowest BCUT2D eigenvalue weighted by Gasteiger charge is -2.46. The highest BCUT2D eigenvalue weighted by Crippen LogP contribution is 2.37. The summed E-state index contributed by atoms with van der Waals surface area (Å²) in [6.45, 7) is 8.61. The molecule has 0 aromatic heterocycles. The number of carbonyl (C=O) groups is 1. The van der Waals surface area contributed by atoms with Crippen molar-refractivity contribution in [1.82, 2.24) is 10.4 Å². The number of ether oxygens (including phenoxy) is 1. The fourth-order valence-corrected chi connectivity index (χ4v) is 3.27. The van der Waals surface area contributed by atoms with Crippen LogP contribution in [-0.2, 0) is 16.2 Å². The lowest BCUT2D eigenvalue weighted by molar-refractivity contribution is -0.227. The van der Waals surface area contributed by atoms with Gasteiger partial charge in [0.25, 0.3) is 5.91 Å². The quantitative estimate of drug-likeness (QED) is 0.929. The van der Waals surface area contributed by atoms with E-state index in [1.807, 2.05) is 32.0 Å². The Morgan fingerprint density at radius 3 is 2.78 bits per heavy atom. The first kappa shape index (κ1) is 17.8. The summed E-state index contributed by atoms with van der Waals surface area (Å²) in [6.07, 6.45) is 1.81. The highest BCUT2D eigenvalue weighted by molar-refractivity contribution is 5.82. The van der Waals surface area contributed by atoms with E-state index in [0.29, 0.717) is 6.61 Å². The average molecular weight is 320 g/mol. The van der Waals surface area contributed by atoms with Gasteiger partial charge in [-0.1, -0.05) is 33.3 Å². The Bertz CT molecular complexity index is 547. The van der Waals surface area contributed by atoms with Crippen LogP contribution in [0.5, 0.6) is 5.75 Å². The predicted octanol–water partition coefficient (Wildman–Crippen LogP) is 3.20. The smallest absolute Gasteiger partial charge is 0.263 e. The van der Waals surface area contributed by atoms with Crippen LogP contribution in [0.25, 0.3) is 0 Å². The van der Waals surface area contributed by atoms with Crippen LogP contribution in [0.15, 0.2) is 18.2 Å². The minimum atomic E-state index is -0.138. The van der Waals surface area contributed by atoms with Gasteiger partial charge in [0.05, 0.1) is 13.2 Å². The van der Waals surface area contributed by atoms with Crippen molar-refractivity contribution in [2.45, 2.75) is 65.3 Å². The Morgan fingerprint density at radius 1 is 1.39 bits per heavy atom. The number of rotatable bonds is 3. The SMILES string of the molecule is CC.CCCC1NC(C)C2c3ccc(OC)cc3CON2C1=O. The second kappa shape index (κ2) is 7.79. The molecule has 1 aromatic rings. The third-order valence-corrected chi connectivity index (χ3v) is 4.31. The number of nitrogens with zero attached hydrogens (tertiary/aromatic N) is 1. The number of hydrogen-bond acceptors (Lipinski definition) is 4. The second-order valence-electron chi connectivity index (χ2n) is 5.74. The summed E-state index contributed by atoms with van der Waals surface area (Å²) in [7, 11) is 1.65. The van der Waals surface area contributed by atoms with E-state index in [0.717, 1.165) is 29.7 Å². The minimum Gasteiger partial charge on any atom is -0.497 e. The van der Waals surface area contributed by atoms with Crippen LogP contribution < -0.4 is 10.1 Å². The van der Waals surface area contributed by atoms with Crippen molar-refractivity contribution in [2.75, 3.05) is 7.11 Å². The molecule has 0 radical (unpaired) electrons. The number of fused-ring (bicyclic) bond motifs is 3. The molecular weight excluding hydrogens is 292 g/mol. The topological polar surface area (TPSA) is 50.8 Å². The molecule has 3 rings (SSSR count). The summed E-state index contributed by atoms with van der Waals surface area (Å²) in [6, 6.07) is 5.92. The Labute approximate surface area is 138 Å². The second-order valence-corrected chi connectivity index (χ2v) is 5.74. The molecule has 3 unspecified atom stereocenters. The van der Waals surface area contributed by atoms with Gasteiger partial charge in [0.1, 0.15) is 18.4 Å². The lowest BCUT2D eigenvalue weighted by Crippen LogP contribution is -2.61. The molecule has 2 aliphatic rings. The van der Waals surface area contributed by atoms with Crippen molar-refractivity contribution in [1.29, 1.82) is 0 Å². The maximum atomic E-state index is 12.5. The zero-order chi connectivity index (χ0) is 17.0. The molecule has 5 nitrogen and oxygen atoms in total. The third-order valence-electron chi connectivity index (χ3n) is 4.31. The van der Waals surface area contributed by atoms with Gasteiger partial charge in [-0.05, 0) is 36.6 Å². The molecule has 5 heteroatoms. The van der Waals surface area contributed by atoms with Gasteiger partial charge < -0.3 is 10.1 Å². The molecule has 0 spiro atoms. The fourth-order valence-electron chi connectivity index (χ4n) is 3.27. The number of hydroxylamine groups is 2. The zero-order valence-corrected chi connectivity index (χ0v) is 14.8. The summed E-state index contributed by atoms with van der Waals surface area (Å²) in [5.74, 6) is 0.860. The molecule has 0 aliphatic carbocycles. The molecule has 3 atom stereocenters. The Hall–Kier alpha value is -1.59. The maximum absolute atomic E-state index is 12.5. The molecule has 0 saturated carbocycles. The van der Waals surface area contributed by atoms with Crippen molar-refractivity contribution >= 4 is 5.91 Å². The first-order valence-electron chi connectivity index (χ1n) is 8.54. The van der Waals surface area contributed by atoms with Crippen molar-refractivity contribution in [3.63, 3.8) is 0 Å². The maximum Gasteiger partial charge on any atom is 0.263 e. The van der Waals surface area contributed by atoms with Crippen LogP contribution in [0, 0.1) is 0 Å². The molecular formula is C18H28N2O3. The van der Waals surface area contributed by atoms with Gasteiger partial charge in [-0.15, -0.1) is 0 Å². The molecule has 23 heavy (non-hydrogen) atoms. The van der Waals surface area contributed by atoms with E-state index in [-0.39, 0.29) is 24.0 Å². The number of methoxy groups -OCH3 is 1. The van der Waals surface area contributed by atoms with Gasteiger partial charge in [-0.2, -0.15) is 0 Å². The largest absolute Gasteiger partial charge is 0.497 e. The number of nitrogens with one attached hydrogen (secondary N) is 1. The van der Waals surface area contributed by atoms with Crippen LogP contribution in [0.4, 0.5) is 0 Å². The number of hydrogen-bond donors (Lipinski definition) is 1. The van der Waals surface area contributed by atoms with Crippen molar-refractivity contribution in [3.05, 3.63) is 29.3 Å².